The van der Waals surface area contributed by atoms with Crippen LogP contribution >= 0.6 is 0 Å². The van der Waals surface area contributed by atoms with E-state index in [1.54, 1.807) is 16.9 Å². The van der Waals surface area contributed by atoms with Crippen LogP contribution in [0.15, 0.2) is 42.9 Å². The van der Waals surface area contributed by atoms with E-state index in [-0.39, 0.29) is 0 Å². The highest BCUT2D eigenvalue weighted by atomic mass is 19.4. The molecule has 3 aromatic rings. The number of hydrogen-bond donors (Lipinski definition) is 0. The van der Waals surface area contributed by atoms with Gasteiger partial charge in [0, 0.05) is 68.8 Å². The van der Waals surface area contributed by atoms with Gasteiger partial charge in [0.2, 0.25) is 0 Å². The van der Waals surface area contributed by atoms with Crippen LogP contribution in [0.25, 0.3) is 10.9 Å². The smallest absolute Gasteiger partial charge is 0.370 e. The van der Waals surface area contributed by atoms with Gasteiger partial charge in [0.05, 0.1) is 17.3 Å². The normalized spacial score (nSPS) is 16.5. The molecule has 1 aromatic carbocycles. The highest BCUT2D eigenvalue weighted by Gasteiger charge is 2.31. The summed E-state index contributed by atoms with van der Waals surface area (Å²) in [5.41, 5.74) is 1.85. The molecule has 0 N–H and O–H groups in total. The van der Waals surface area contributed by atoms with Crippen molar-refractivity contribution in [3.63, 3.8) is 0 Å². The summed E-state index contributed by atoms with van der Waals surface area (Å²) in [5, 5.41) is 4.98. The van der Waals surface area contributed by atoms with Crippen molar-refractivity contribution < 1.29 is 13.2 Å². The molecule has 0 bridgehead atoms. The Morgan fingerprint density at radius 3 is 2.68 bits per heavy atom. The van der Waals surface area contributed by atoms with Crippen molar-refractivity contribution in [1.82, 2.24) is 19.7 Å². The minimum absolute atomic E-state index is 0.379. The van der Waals surface area contributed by atoms with Crippen LogP contribution in [0.1, 0.15) is 17.5 Å². The molecule has 0 unspecified atom stereocenters. The van der Waals surface area contributed by atoms with E-state index in [1.807, 2.05) is 25.5 Å². The molecular formula is C20H22F3N5. The van der Waals surface area contributed by atoms with Gasteiger partial charge < -0.3 is 4.90 Å². The fourth-order valence-electron chi connectivity index (χ4n) is 3.77. The number of alkyl halides is 3. The van der Waals surface area contributed by atoms with Crippen molar-refractivity contribution in [2.24, 2.45) is 7.05 Å². The van der Waals surface area contributed by atoms with Gasteiger partial charge in [-0.15, -0.1) is 0 Å². The summed E-state index contributed by atoms with van der Waals surface area (Å²) in [4.78, 5) is 8.80. The van der Waals surface area contributed by atoms with Gasteiger partial charge in [0.1, 0.15) is 0 Å². The average molecular weight is 389 g/mol. The lowest BCUT2D eigenvalue weighted by molar-refractivity contribution is -0.137. The number of nitrogens with zero attached hydrogens (tertiary/aromatic N) is 5. The third kappa shape index (κ3) is 3.96. The Kier molecular flexibility index (Phi) is 4.97. The lowest BCUT2D eigenvalue weighted by atomic mass is 10.1. The van der Waals surface area contributed by atoms with E-state index in [0.29, 0.717) is 5.52 Å². The van der Waals surface area contributed by atoms with Gasteiger partial charge in [-0.3, -0.25) is 14.6 Å². The number of halogens is 3. The van der Waals surface area contributed by atoms with Crippen LogP contribution in [0.5, 0.6) is 0 Å². The number of benzene rings is 1. The summed E-state index contributed by atoms with van der Waals surface area (Å²) in [6.45, 7) is 4.41. The second-order valence-electron chi connectivity index (χ2n) is 7.20. The first-order valence-corrected chi connectivity index (χ1v) is 9.31. The first-order chi connectivity index (χ1) is 13.4. The molecule has 5 nitrogen and oxygen atoms in total. The topological polar surface area (TPSA) is 37.2 Å². The minimum atomic E-state index is -4.36. The molecule has 0 amide bonds. The molecule has 1 saturated heterocycles. The molecule has 0 spiro atoms. The maximum absolute atomic E-state index is 13.0. The van der Waals surface area contributed by atoms with E-state index < -0.39 is 11.7 Å². The predicted molar refractivity (Wildman–Crippen MR) is 102 cm³/mol. The molecule has 2 aromatic heterocycles. The molecule has 4 rings (SSSR count). The SMILES string of the molecule is Cn1cc(CN2CCCN(c3ccnc4cc(C(F)(F)F)ccc34)CC2)cn1. The molecule has 3 heterocycles. The van der Waals surface area contributed by atoms with Crippen molar-refractivity contribution in [1.29, 1.82) is 0 Å². The van der Waals surface area contributed by atoms with E-state index >= 15 is 0 Å². The summed E-state index contributed by atoms with van der Waals surface area (Å²) >= 11 is 0. The molecule has 1 fully saturated rings. The number of hydrogen-bond acceptors (Lipinski definition) is 4. The second kappa shape index (κ2) is 7.43. The molecular weight excluding hydrogens is 367 g/mol. The van der Waals surface area contributed by atoms with Gasteiger partial charge >= 0.3 is 6.18 Å². The van der Waals surface area contributed by atoms with E-state index in [4.69, 9.17) is 0 Å². The molecule has 0 radical (unpaired) electrons. The summed E-state index contributed by atoms with van der Waals surface area (Å²) in [6, 6.07) is 5.70. The molecule has 1 aliphatic rings. The maximum atomic E-state index is 13.0. The van der Waals surface area contributed by atoms with E-state index in [0.717, 1.165) is 62.4 Å². The van der Waals surface area contributed by atoms with Gasteiger partial charge in [-0.1, -0.05) is 6.07 Å². The number of pyridine rings is 1. The van der Waals surface area contributed by atoms with Crippen LogP contribution < -0.4 is 4.90 Å². The van der Waals surface area contributed by atoms with Crippen LogP contribution in [0, 0.1) is 0 Å². The fourth-order valence-corrected chi connectivity index (χ4v) is 3.77. The highest BCUT2D eigenvalue weighted by molar-refractivity contribution is 5.92. The standard InChI is InChI=1S/C20H22F3N5/c1-26-13-15(12-25-26)14-27-7-2-8-28(10-9-27)19-5-6-24-18-11-16(20(21,22)23)3-4-17(18)19/h3-6,11-13H,2,7-10,14H2,1H3. The fraction of sp³-hybridized carbons (Fsp3) is 0.400. The number of fused-ring (bicyclic) bond motifs is 1. The Morgan fingerprint density at radius 2 is 1.93 bits per heavy atom. The second-order valence-corrected chi connectivity index (χ2v) is 7.20. The van der Waals surface area contributed by atoms with Crippen LogP contribution in [-0.2, 0) is 19.8 Å². The lowest BCUT2D eigenvalue weighted by Gasteiger charge is -2.25. The highest BCUT2D eigenvalue weighted by Crippen LogP contribution is 2.33. The zero-order chi connectivity index (χ0) is 19.7. The average Bonchev–Trinajstić information content (AvgIpc) is 2.93. The first-order valence-electron chi connectivity index (χ1n) is 9.31. The third-order valence-electron chi connectivity index (χ3n) is 5.14. The molecule has 0 atom stereocenters. The van der Waals surface area contributed by atoms with Crippen LogP contribution in [-0.4, -0.2) is 45.8 Å². The van der Waals surface area contributed by atoms with Crippen molar-refractivity contribution >= 4 is 16.6 Å². The molecule has 28 heavy (non-hydrogen) atoms. The monoisotopic (exact) mass is 389 g/mol. The van der Waals surface area contributed by atoms with Gasteiger partial charge in [-0.2, -0.15) is 18.3 Å². The number of aryl methyl sites for hydroxylation is 1. The third-order valence-corrected chi connectivity index (χ3v) is 5.14. The Hall–Kier alpha value is -2.61. The van der Waals surface area contributed by atoms with E-state index in [9.17, 15) is 13.2 Å². The maximum Gasteiger partial charge on any atom is 0.416 e. The predicted octanol–water partition coefficient (Wildman–Crippen LogP) is 3.70. The Morgan fingerprint density at radius 1 is 1.07 bits per heavy atom. The Balaban J connectivity index is 1.53. The van der Waals surface area contributed by atoms with Crippen molar-refractivity contribution in [2.45, 2.75) is 19.1 Å². The van der Waals surface area contributed by atoms with Crippen LogP contribution in [0.3, 0.4) is 0 Å². The molecule has 148 valence electrons. The molecule has 8 heteroatoms. The van der Waals surface area contributed by atoms with Gasteiger partial charge in [0.15, 0.2) is 0 Å². The zero-order valence-corrected chi connectivity index (χ0v) is 15.7. The van der Waals surface area contributed by atoms with Crippen molar-refractivity contribution in [3.05, 3.63) is 54.0 Å². The van der Waals surface area contributed by atoms with Crippen LogP contribution in [0.2, 0.25) is 0 Å². The Labute approximate surface area is 161 Å². The summed E-state index contributed by atoms with van der Waals surface area (Å²) in [6.07, 6.45) is 2.14. The van der Waals surface area contributed by atoms with Crippen molar-refractivity contribution in [2.75, 3.05) is 31.1 Å². The van der Waals surface area contributed by atoms with E-state index in [2.05, 4.69) is 19.9 Å². The van der Waals surface area contributed by atoms with Crippen LogP contribution in [0.4, 0.5) is 18.9 Å². The zero-order valence-electron chi connectivity index (χ0n) is 15.7. The molecule has 1 aliphatic heterocycles. The lowest BCUT2D eigenvalue weighted by Crippen LogP contribution is -2.30. The van der Waals surface area contributed by atoms with Gasteiger partial charge in [-0.25, -0.2) is 0 Å². The number of aromatic nitrogens is 3. The first kappa shape index (κ1) is 18.7. The quantitative estimate of drug-likeness (QED) is 0.685. The molecule has 0 saturated carbocycles. The van der Waals surface area contributed by atoms with Gasteiger partial charge in [-0.05, 0) is 24.6 Å². The van der Waals surface area contributed by atoms with E-state index in [1.165, 1.54) is 5.56 Å². The summed E-state index contributed by atoms with van der Waals surface area (Å²) < 4.78 is 40.8. The Bertz CT molecular complexity index is 966. The summed E-state index contributed by atoms with van der Waals surface area (Å²) in [7, 11) is 1.91. The number of anilines is 1. The molecule has 0 aliphatic carbocycles. The number of rotatable bonds is 3. The minimum Gasteiger partial charge on any atom is -0.370 e. The van der Waals surface area contributed by atoms with Crippen molar-refractivity contribution in [3.8, 4) is 0 Å². The van der Waals surface area contributed by atoms with Gasteiger partial charge in [0.25, 0.3) is 0 Å². The summed E-state index contributed by atoms with van der Waals surface area (Å²) in [5.74, 6) is 0. The largest absolute Gasteiger partial charge is 0.416 e.